The number of amides is 1. The van der Waals surface area contributed by atoms with Gasteiger partial charge < -0.3 is 25.2 Å². The maximum absolute atomic E-state index is 13.4. The summed E-state index contributed by atoms with van der Waals surface area (Å²) in [6.07, 6.45) is 7.49. The number of aromatic nitrogens is 4. The van der Waals surface area contributed by atoms with Gasteiger partial charge >= 0.3 is 6.01 Å². The summed E-state index contributed by atoms with van der Waals surface area (Å²) in [5.41, 5.74) is 2.76. The van der Waals surface area contributed by atoms with E-state index in [1.807, 2.05) is 23.0 Å². The van der Waals surface area contributed by atoms with Crippen molar-refractivity contribution in [1.29, 1.82) is 0 Å². The first-order chi connectivity index (χ1) is 16.9. The maximum Gasteiger partial charge on any atom is 0.316 e. The molecular weight excluding hydrogens is 444 g/mol. The first-order valence-electron chi connectivity index (χ1n) is 12.3. The molecule has 0 aliphatic carbocycles. The second kappa shape index (κ2) is 9.79. The molecule has 2 unspecified atom stereocenters. The Morgan fingerprint density at radius 3 is 2.60 bits per heavy atom. The minimum Gasteiger partial charge on any atom is -0.467 e. The summed E-state index contributed by atoms with van der Waals surface area (Å²) >= 11 is 0. The molecule has 2 aromatic heterocycles. The van der Waals surface area contributed by atoms with Crippen molar-refractivity contribution < 1.29 is 9.53 Å². The number of hydrogen-bond acceptors (Lipinski definition) is 8. The molecule has 0 saturated carbocycles. The monoisotopic (exact) mass is 478 g/mol. The molecule has 1 amide bonds. The first-order valence-corrected chi connectivity index (χ1v) is 12.3. The van der Waals surface area contributed by atoms with Crippen molar-refractivity contribution in [1.82, 2.24) is 30.0 Å². The standard InChI is InChI=1S/C25H34N8O2/c1-16-13-32(14-17(2)28-16)22-6-5-20(23-21(22)12-26-25(30-23)35-4)24(34)29-18-11-27-33(15-18)19-7-9-31(3)10-8-19/h5-6,11-12,15-17,19,28H,7-10,13-14H2,1-4H3,(H,29,34). The van der Waals surface area contributed by atoms with Crippen molar-refractivity contribution in [2.24, 2.45) is 0 Å². The number of piperidine rings is 1. The van der Waals surface area contributed by atoms with Crippen molar-refractivity contribution in [3.8, 4) is 6.01 Å². The lowest BCUT2D eigenvalue weighted by Crippen LogP contribution is -2.54. The van der Waals surface area contributed by atoms with Crippen LogP contribution in [0.3, 0.4) is 0 Å². The number of nitrogens with zero attached hydrogens (tertiary/aromatic N) is 6. The van der Waals surface area contributed by atoms with Crippen LogP contribution in [0.1, 0.15) is 43.1 Å². The second-order valence-corrected chi connectivity index (χ2v) is 9.82. The van der Waals surface area contributed by atoms with E-state index in [9.17, 15) is 4.79 Å². The van der Waals surface area contributed by atoms with Crippen molar-refractivity contribution in [2.75, 3.05) is 50.6 Å². The van der Waals surface area contributed by atoms with Gasteiger partial charge in [0.15, 0.2) is 0 Å². The summed E-state index contributed by atoms with van der Waals surface area (Å²) < 4.78 is 7.25. The van der Waals surface area contributed by atoms with E-state index in [4.69, 9.17) is 4.74 Å². The minimum absolute atomic E-state index is 0.229. The molecule has 0 bridgehead atoms. The number of anilines is 2. The van der Waals surface area contributed by atoms with Gasteiger partial charge in [0.25, 0.3) is 5.91 Å². The van der Waals surface area contributed by atoms with Crippen LogP contribution in [0.15, 0.2) is 30.7 Å². The van der Waals surface area contributed by atoms with Crippen LogP contribution in [-0.2, 0) is 0 Å². The summed E-state index contributed by atoms with van der Waals surface area (Å²) in [5, 5.41) is 11.9. The molecule has 2 aliphatic heterocycles. The van der Waals surface area contributed by atoms with E-state index >= 15 is 0 Å². The summed E-state index contributed by atoms with van der Waals surface area (Å²) in [6, 6.07) is 5.16. The number of carbonyl (C=O) groups excluding carboxylic acids is 1. The van der Waals surface area contributed by atoms with Gasteiger partial charge in [0.1, 0.15) is 0 Å². The Hall–Kier alpha value is -3.24. The van der Waals surface area contributed by atoms with Gasteiger partial charge in [-0.3, -0.25) is 9.48 Å². The van der Waals surface area contributed by atoms with Crippen molar-refractivity contribution in [2.45, 2.75) is 44.8 Å². The van der Waals surface area contributed by atoms with Crippen LogP contribution in [0, 0.1) is 0 Å². The number of rotatable bonds is 5. The summed E-state index contributed by atoms with van der Waals surface area (Å²) in [5.74, 6) is -0.229. The average molecular weight is 479 g/mol. The summed E-state index contributed by atoms with van der Waals surface area (Å²) in [4.78, 5) is 26.9. The first kappa shape index (κ1) is 23.5. The number of benzene rings is 1. The van der Waals surface area contributed by atoms with Gasteiger partial charge in [-0.1, -0.05) is 0 Å². The van der Waals surface area contributed by atoms with E-state index in [0.717, 1.165) is 50.1 Å². The van der Waals surface area contributed by atoms with Crippen molar-refractivity contribution in [3.05, 3.63) is 36.3 Å². The highest BCUT2D eigenvalue weighted by molar-refractivity contribution is 6.13. The Labute approximate surface area is 205 Å². The molecule has 0 radical (unpaired) electrons. The number of ether oxygens (including phenoxy) is 1. The Kier molecular flexibility index (Phi) is 6.57. The van der Waals surface area contributed by atoms with Gasteiger partial charge in [0.2, 0.25) is 0 Å². The van der Waals surface area contributed by atoms with Crippen LogP contribution in [0.2, 0.25) is 0 Å². The highest BCUT2D eigenvalue weighted by Gasteiger charge is 2.25. The molecule has 3 aromatic rings. The van der Waals surface area contributed by atoms with Crippen LogP contribution in [-0.4, -0.2) is 83.0 Å². The number of likely N-dealkylation sites (tertiary alicyclic amines) is 1. The normalized spacial score (nSPS) is 21.9. The largest absolute Gasteiger partial charge is 0.467 e. The van der Waals surface area contributed by atoms with Crippen LogP contribution in [0.4, 0.5) is 11.4 Å². The van der Waals surface area contributed by atoms with Crippen molar-refractivity contribution >= 4 is 28.2 Å². The zero-order valence-corrected chi connectivity index (χ0v) is 20.9. The molecule has 10 nitrogen and oxygen atoms in total. The van der Waals surface area contributed by atoms with Gasteiger partial charge in [-0.2, -0.15) is 10.1 Å². The lowest BCUT2D eigenvalue weighted by molar-refractivity contribution is 0.102. The zero-order valence-electron chi connectivity index (χ0n) is 20.9. The average Bonchev–Trinajstić information content (AvgIpc) is 3.31. The number of hydrogen-bond donors (Lipinski definition) is 2. The molecular formula is C25H34N8O2. The Bertz CT molecular complexity index is 1190. The third-order valence-corrected chi connectivity index (χ3v) is 6.95. The quantitative estimate of drug-likeness (QED) is 0.577. The highest BCUT2D eigenvalue weighted by atomic mass is 16.5. The van der Waals surface area contributed by atoms with Gasteiger partial charge in [0, 0.05) is 48.6 Å². The fraction of sp³-hybridized carbons (Fsp3) is 0.520. The lowest BCUT2D eigenvalue weighted by Gasteiger charge is -2.38. The third-order valence-electron chi connectivity index (χ3n) is 6.95. The molecule has 1 aromatic carbocycles. The van der Waals surface area contributed by atoms with E-state index in [1.165, 1.54) is 7.11 Å². The van der Waals surface area contributed by atoms with Crippen LogP contribution in [0.5, 0.6) is 6.01 Å². The molecule has 2 N–H and O–H groups in total. The molecule has 2 saturated heterocycles. The predicted molar refractivity (Wildman–Crippen MR) is 136 cm³/mol. The maximum atomic E-state index is 13.4. The number of nitrogens with one attached hydrogen (secondary N) is 2. The molecule has 10 heteroatoms. The number of piperazine rings is 1. The van der Waals surface area contributed by atoms with Crippen molar-refractivity contribution in [3.63, 3.8) is 0 Å². The topological polar surface area (TPSA) is 100 Å². The van der Waals surface area contributed by atoms with E-state index in [-0.39, 0.29) is 11.9 Å². The number of methoxy groups -OCH3 is 1. The van der Waals surface area contributed by atoms with E-state index in [2.05, 4.69) is 56.4 Å². The Balaban J connectivity index is 1.42. The zero-order chi connectivity index (χ0) is 24.5. The minimum atomic E-state index is -0.229. The van der Waals surface area contributed by atoms with Crippen LogP contribution in [0.25, 0.3) is 10.9 Å². The Morgan fingerprint density at radius 2 is 1.89 bits per heavy atom. The molecule has 2 atom stereocenters. The molecule has 35 heavy (non-hydrogen) atoms. The molecule has 186 valence electrons. The van der Waals surface area contributed by atoms with Crippen LogP contribution < -0.4 is 20.3 Å². The molecule has 2 aliphatic rings. The summed E-state index contributed by atoms with van der Waals surface area (Å²) in [6.45, 7) is 8.20. The van der Waals surface area contributed by atoms with E-state index in [0.29, 0.717) is 34.9 Å². The van der Waals surface area contributed by atoms with Crippen LogP contribution >= 0.6 is 0 Å². The molecule has 0 spiro atoms. The van der Waals surface area contributed by atoms with Gasteiger partial charge in [0.05, 0.1) is 36.1 Å². The Morgan fingerprint density at radius 1 is 1.14 bits per heavy atom. The number of carbonyl (C=O) groups is 1. The fourth-order valence-corrected chi connectivity index (χ4v) is 5.23. The van der Waals surface area contributed by atoms with Gasteiger partial charge in [-0.05, 0) is 59.0 Å². The molecule has 5 rings (SSSR count). The van der Waals surface area contributed by atoms with E-state index < -0.39 is 0 Å². The lowest BCUT2D eigenvalue weighted by atomic mass is 10.0. The van der Waals surface area contributed by atoms with E-state index in [1.54, 1.807) is 12.4 Å². The molecule has 2 fully saturated rings. The predicted octanol–water partition coefficient (Wildman–Crippen LogP) is 2.54. The summed E-state index contributed by atoms with van der Waals surface area (Å²) in [7, 11) is 3.67. The number of fused-ring (bicyclic) bond motifs is 1. The third kappa shape index (κ3) is 4.94. The smallest absolute Gasteiger partial charge is 0.316 e. The van der Waals surface area contributed by atoms with Gasteiger partial charge in [-0.25, -0.2) is 4.98 Å². The fourth-order valence-electron chi connectivity index (χ4n) is 5.23. The van der Waals surface area contributed by atoms with Gasteiger partial charge in [-0.15, -0.1) is 0 Å². The molecule has 4 heterocycles. The SMILES string of the molecule is COc1ncc2c(N3CC(C)NC(C)C3)ccc(C(=O)Nc3cnn(C4CCN(C)CC4)c3)c2n1. The second-order valence-electron chi connectivity index (χ2n) is 9.82. The highest BCUT2D eigenvalue weighted by Crippen LogP contribution is 2.31.